The minimum absolute atomic E-state index is 0.120. The fourth-order valence-corrected chi connectivity index (χ4v) is 3.96. The molecule has 1 saturated heterocycles. The molecule has 1 aromatic carbocycles. The number of benzene rings is 1. The first-order valence-electron chi connectivity index (χ1n) is 10.4. The van der Waals surface area contributed by atoms with Gasteiger partial charge in [0.15, 0.2) is 0 Å². The van der Waals surface area contributed by atoms with E-state index in [1.54, 1.807) is 56.2 Å². The van der Waals surface area contributed by atoms with E-state index in [-0.39, 0.29) is 11.8 Å². The fourth-order valence-electron chi connectivity index (χ4n) is 3.96. The van der Waals surface area contributed by atoms with Gasteiger partial charge in [0, 0.05) is 37.1 Å². The highest BCUT2D eigenvalue weighted by atomic mass is 19.3. The first kappa shape index (κ1) is 21.7. The molecule has 4 rings (SSSR count). The summed E-state index contributed by atoms with van der Waals surface area (Å²) >= 11 is 0. The Labute approximate surface area is 185 Å². The highest BCUT2D eigenvalue weighted by Gasteiger charge is 2.28. The molecule has 1 aliphatic rings. The summed E-state index contributed by atoms with van der Waals surface area (Å²) in [7, 11) is 1.62. The lowest BCUT2D eigenvalue weighted by atomic mass is 10.0. The van der Waals surface area contributed by atoms with Gasteiger partial charge in [-0.25, -0.2) is 4.98 Å². The number of pyridine rings is 1. The number of aromatic nitrogens is 3. The van der Waals surface area contributed by atoms with E-state index >= 15 is 0 Å². The van der Waals surface area contributed by atoms with Crippen LogP contribution in [0, 0.1) is 6.92 Å². The van der Waals surface area contributed by atoms with E-state index in [2.05, 4.69) is 29.5 Å². The van der Waals surface area contributed by atoms with Crippen LogP contribution in [0.3, 0.4) is 0 Å². The van der Waals surface area contributed by atoms with Crippen molar-refractivity contribution in [2.75, 3.05) is 30.0 Å². The van der Waals surface area contributed by atoms with Gasteiger partial charge in [-0.05, 0) is 44.0 Å². The van der Waals surface area contributed by atoms with E-state index in [1.165, 1.54) is 0 Å². The number of nitrogens with zero attached hydrogens (tertiary/aromatic N) is 5. The monoisotopic (exact) mass is 441 g/mol. The second kappa shape index (κ2) is 9.76. The van der Waals surface area contributed by atoms with E-state index in [0.29, 0.717) is 5.75 Å². The van der Waals surface area contributed by atoms with Gasteiger partial charge < -0.3 is 19.3 Å². The van der Waals surface area contributed by atoms with Gasteiger partial charge in [0.05, 0.1) is 31.4 Å². The molecule has 1 fully saturated rings. The van der Waals surface area contributed by atoms with Gasteiger partial charge in [-0.3, -0.25) is 9.97 Å². The lowest BCUT2D eigenvalue weighted by molar-refractivity contribution is -0.0498. The highest BCUT2D eigenvalue weighted by Crippen LogP contribution is 2.38. The standard InChI is InChI=1S/C23H25F2N5O2/c1-16-13-28-22(15-27-16)29-11-8-18(9-12-29)30(20-14-26-10-7-21(20)31-2)17-3-5-19(6-4-17)32-23(24)25/h3-7,10,13-15,18,23H,8-9,11-12H2,1-2H3. The number of hydrogen-bond donors (Lipinski definition) is 0. The largest absolute Gasteiger partial charge is 0.494 e. The Morgan fingerprint density at radius 1 is 1.03 bits per heavy atom. The number of aryl methyl sites for hydroxylation is 1. The van der Waals surface area contributed by atoms with Crippen molar-refractivity contribution in [3.8, 4) is 11.5 Å². The van der Waals surface area contributed by atoms with Crippen molar-refractivity contribution in [1.82, 2.24) is 15.0 Å². The zero-order valence-corrected chi connectivity index (χ0v) is 18.0. The minimum Gasteiger partial charge on any atom is -0.494 e. The predicted octanol–water partition coefficient (Wildman–Crippen LogP) is 4.60. The molecule has 0 saturated carbocycles. The molecule has 3 aromatic rings. The predicted molar refractivity (Wildman–Crippen MR) is 118 cm³/mol. The average molecular weight is 441 g/mol. The summed E-state index contributed by atoms with van der Waals surface area (Å²) in [6.07, 6.45) is 8.75. The summed E-state index contributed by atoms with van der Waals surface area (Å²) in [6, 6.07) is 8.63. The second-order valence-corrected chi connectivity index (χ2v) is 7.52. The fraction of sp³-hybridized carbons (Fsp3) is 0.348. The van der Waals surface area contributed by atoms with Gasteiger partial charge in [0.25, 0.3) is 0 Å². The maximum absolute atomic E-state index is 12.6. The summed E-state index contributed by atoms with van der Waals surface area (Å²) in [6.45, 7) is 0.687. The number of halogens is 2. The Bertz CT molecular complexity index is 1010. The van der Waals surface area contributed by atoms with Crippen LogP contribution >= 0.6 is 0 Å². The zero-order valence-electron chi connectivity index (χ0n) is 18.0. The molecule has 0 atom stereocenters. The van der Waals surface area contributed by atoms with Crippen molar-refractivity contribution in [2.45, 2.75) is 32.4 Å². The van der Waals surface area contributed by atoms with E-state index in [9.17, 15) is 8.78 Å². The van der Waals surface area contributed by atoms with Crippen LogP contribution < -0.4 is 19.3 Å². The molecule has 0 unspecified atom stereocenters. The van der Waals surface area contributed by atoms with E-state index in [4.69, 9.17) is 4.74 Å². The third-order valence-corrected chi connectivity index (χ3v) is 5.50. The van der Waals surface area contributed by atoms with Crippen molar-refractivity contribution < 1.29 is 18.3 Å². The molecule has 0 radical (unpaired) electrons. The first-order chi connectivity index (χ1) is 15.5. The molecular weight excluding hydrogens is 416 g/mol. The first-order valence-corrected chi connectivity index (χ1v) is 10.4. The average Bonchev–Trinajstić information content (AvgIpc) is 2.81. The third-order valence-electron chi connectivity index (χ3n) is 5.50. The molecule has 3 heterocycles. The topological polar surface area (TPSA) is 63.6 Å². The van der Waals surface area contributed by atoms with Crippen LogP contribution in [-0.4, -0.2) is 47.8 Å². The Balaban J connectivity index is 1.59. The Hall–Kier alpha value is -3.49. The van der Waals surface area contributed by atoms with Crippen molar-refractivity contribution >= 4 is 17.2 Å². The second-order valence-electron chi connectivity index (χ2n) is 7.52. The molecule has 0 N–H and O–H groups in total. The molecule has 0 spiro atoms. The highest BCUT2D eigenvalue weighted by molar-refractivity contribution is 5.69. The van der Waals surface area contributed by atoms with Crippen LogP contribution in [-0.2, 0) is 0 Å². The number of hydrogen-bond acceptors (Lipinski definition) is 7. The van der Waals surface area contributed by atoms with Crippen molar-refractivity contribution in [1.29, 1.82) is 0 Å². The third kappa shape index (κ3) is 4.87. The summed E-state index contributed by atoms with van der Waals surface area (Å²) in [5.74, 6) is 1.68. The number of anilines is 3. The lowest BCUT2D eigenvalue weighted by Crippen LogP contribution is -2.43. The molecule has 32 heavy (non-hydrogen) atoms. The van der Waals surface area contributed by atoms with Gasteiger partial charge in [-0.2, -0.15) is 8.78 Å². The number of methoxy groups -OCH3 is 1. The minimum atomic E-state index is -2.86. The number of piperidine rings is 1. The molecule has 0 aliphatic carbocycles. The van der Waals surface area contributed by atoms with Crippen LogP contribution in [0.5, 0.6) is 11.5 Å². The molecule has 1 aliphatic heterocycles. The van der Waals surface area contributed by atoms with Gasteiger partial charge >= 0.3 is 6.61 Å². The van der Waals surface area contributed by atoms with Crippen LogP contribution in [0.25, 0.3) is 0 Å². The molecule has 9 heteroatoms. The quantitative estimate of drug-likeness (QED) is 0.531. The SMILES string of the molecule is COc1ccncc1N(c1ccc(OC(F)F)cc1)C1CCN(c2cnc(C)cn2)CC1. The smallest absolute Gasteiger partial charge is 0.387 e. The van der Waals surface area contributed by atoms with Crippen molar-refractivity contribution in [3.05, 3.63) is 60.8 Å². The normalized spacial score (nSPS) is 14.5. The van der Waals surface area contributed by atoms with Crippen LogP contribution in [0.4, 0.5) is 26.0 Å². The molecule has 7 nitrogen and oxygen atoms in total. The summed E-state index contributed by atoms with van der Waals surface area (Å²) < 4.78 is 35.2. The zero-order chi connectivity index (χ0) is 22.5. The van der Waals surface area contributed by atoms with Crippen LogP contribution in [0.2, 0.25) is 0 Å². The maximum Gasteiger partial charge on any atom is 0.387 e. The lowest BCUT2D eigenvalue weighted by Gasteiger charge is -2.40. The van der Waals surface area contributed by atoms with Gasteiger partial charge in [-0.1, -0.05) is 0 Å². The maximum atomic E-state index is 12.6. The molecule has 2 aromatic heterocycles. The van der Waals surface area contributed by atoms with Gasteiger partial charge in [0.2, 0.25) is 0 Å². The summed E-state index contributed by atoms with van der Waals surface area (Å²) in [5.41, 5.74) is 2.57. The van der Waals surface area contributed by atoms with Gasteiger partial charge in [-0.15, -0.1) is 0 Å². The Morgan fingerprint density at radius 3 is 2.41 bits per heavy atom. The molecule has 0 bridgehead atoms. The molecular formula is C23H25F2N5O2. The Morgan fingerprint density at radius 2 is 1.78 bits per heavy atom. The van der Waals surface area contributed by atoms with Gasteiger partial charge in [0.1, 0.15) is 23.0 Å². The number of alkyl halides is 2. The van der Waals surface area contributed by atoms with E-state index in [1.807, 2.05) is 13.0 Å². The Kier molecular flexibility index (Phi) is 6.63. The summed E-state index contributed by atoms with van der Waals surface area (Å²) in [4.78, 5) is 17.5. The van der Waals surface area contributed by atoms with E-state index in [0.717, 1.165) is 48.8 Å². The van der Waals surface area contributed by atoms with Crippen molar-refractivity contribution in [3.63, 3.8) is 0 Å². The van der Waals surface area contributed by atoms with Crippen LogP contribution in [0.1, 0.15) is 18.5 Å². The summed E-state index contributed by atoms with van der Waals surface area (Å²) in [5, 5.41) is 0. The van der Waals surface area contributed by atoms with Crippen LogP contribution in [0.15, 0.2) is 55.1 Å². The van der Waals surface area contributed by atoms with E-state index < -0.39 is 6.61 Å². The number of rotatable bonds is 7. The number of ether oxygens (including phenoxy) is 2. The molecule has 168 valence electrons. The van der Waals surface area contributed by atoms with Crippen molar-refractivity contribution in [2.24, 2.45) is 0 Å². The molecule has 0 amide bonds.